The van der Waals surface area contributed by atoms with Crippen molar-refractivity contribution in [2.75, 3.05) is 37.7 Å². The maximum Gasteiger partial charge on any atom is 0.319 e. The third-order valence-corrected chi connectivity index (χ3v) is 8.19. The van der Waals surface area contributed by atoms with Crippen LogP contribution >= 0.6 is 15.9 Å². The Morgan fingerprint density at radius 1 is 1.28 bits per heavy atom. The SMILES string of the molecule is Cc1cc2c(N3CCC[C@@](C)(O)C3)nc(OC[C@@]34CCCN3C[C@H](F)C4)nc2c(F)c1Br. The van der Waals surface area contributed by atoms with E-state index in [4.69, 9.17) is 4.74 Å². The van der Waals surface area contributed by atoms with Crippen molar-refractivity contribution in [1.29, 1.82) is 0 Å². The number of anilines is 1. The molecule has 3 saturated heterocycles. The van der Waals surface area contributed by atoms with Crippen LogP contribution in [0.15, 0.2) is 10.5 Å². The summed E-state index contributed by atoms with van der Waals surface area (Å²) in [5, 5.41) is 11.2. The maximum atomic E-state index is 15.2. The molecule has 1 N–H and O–H groups in total. The number of nitrogens with zero attached hydrogens (tertiary/aromatic N) is 4. The van der Waals surface area contributed by atoms with E-state index in [0.29, 0.717) is 48.2 Å². The summed E-state index contributed by atoms with van der Waals surface area (Å²) in [5.74, 6) is 0.109. The van der Waals surface area contributed by atoms with E-state index < -0.39 is 17.6 Å². The summed E-state index contributed by atoms with van der Waals surface area (Å²) in [5.41, 5.74) is -0.247. The molecule has 0 radical (unpaired) electrons. The minimum atomic E-state index is -0.848. The monoisotopic (exact) mass is 510 g/mol. The number of aliphatic hydroxyl groups is 1. The van der Waals surface area contributed by atoms with Crippen molar-refractivity contribution in [1.82, 2.24) is 14.9 Å². The number of rotatable bonds is 4. The van der Waals surface area contributed by atoms with Crippen LogP contribution in [0.1, 0.15) is 44.6 Å². The van der Waals surface area contributed by atoms with E-state index >= 15 is 4.39 Å². The highest BCUT2D eigenvalue weighted by molar-refractivity contribution is 9.10. The molecular weight excluding hydrogens is 482 g/mol. The van der Waals surface area contributed by atoms with Gasteiger partial charge in [-0.15, -0.1) is 0 Å². The molecule has 0 aliphatic carbocycles. The number of β-amino-alcohol motifs (C(OH)–C–C–N with tert-alkyl or cyclic N) is 1. The van der Waals surface area contributed by atoms with Gasteiger partial charge in [-0.1, -0.05) is 0 Å². The fourth-order valence-electron chi connectivity index (χ4n) is 5.65. The zero-order chi connectivity index (χ0) is 22.7. The molecule has 174 valence electrons. The van der Waals surface area contributed by atoms with E-state index in [9.17, 15) is 9.50 Å². The van der Waals surface area contributed by atoms with E-state index in [1.54, 1.807) is 0 Å². The average Bonchev–Trinajstić information content (AvgIpc) is 3.25. The van der Waals surface area contributed by atoms with Gasteiger partial charge in [-0.2, -0.15) is 9.97 Å². The van der Waals surface area contributed by atoms with Gasteiger partial charge in [0.15, 0.2) is 5.82 Å². The minimum Gasteiger partial charge on any atom is -0.461 e. The molecule has 2 aromatic rings. The highest BCUT2D eigenvalue weighted by Crippen LogP contribution is 2.41. The molecule has 32 heavy (non-hydrogen) atoms. The zero-order valence-corrected chi connectivity index (χ0v) is 20.1. The van der Waals surface area contributed by atoms with Gasteiger partial charge in [0.1, 0.15) is 24.1 Å². The number of alkyl halides is 1. The number of hydrogen-bond acceptors (Lipinski definition) is 6. The van der Waals surface area contributed by atoms with Crippen molar-refractivity contribution >= 4 is 32.7 Å². The van der Waals surface area contributed by atoms with E-state index in [0.717, 1.165) is 31.4 Å². The van der Waals surface area contributed by atoms with Gasteiger partial charge in [0, 0.05) is 31.4 Å². The van der Waals surface area contributed by atoms with Crippen LogP contribution in [0.5, 0.6) is 6.01 Å². The molecule has 3 aliphatic rings. The highest BCUT2D eigenvalue weighted by atomic mass is 79.9. The topological polar surface area (TPSA) is 61.7 Å². The summed E-state index contributed by atoms with van der Waals surface area (Å²) in [6, 6.07) is 1.96. The largest absolute Gasteiger partial charge is 0.461 e. The molecule has 6 nitrogen and oxygen atoms in total. The number of fused-ring (bicyclic) bond motifs is 2. The van der Waals surface area contributed by atoms with Crippen LogP contribution in [0.3, 0.4) is 0 Å². The standard InChI is InChI=1S/C23H29BrF2N4O2/c1-14-9-16-19(18(26)17(14)24)27-21(28-20(16)29-7-3-5-22(2,31)12-29)32-13-23-6-4-8-30(23)11-15(25)10-23/h9,15,31H,3-8,10-13H2,1-2H3/t15-,22-,23+/m1/s1. The number of aromatic nitrogens is 2. The van der Waals surface area contributed by atoms with E-state index in [-0.39, 0.29) is 23.7 Å². The Morgan fingerprint density at radius 3 is 2.84 bits per heavy atom. The van der Waals surface area contributed by atoms with Crippen LogP contribution in [-0.4, -0.2) is 70.1 Å². The Labute approximate surface area is 195 Å². The second-order valence-corrected chi connectivity index (χ2v) is 10.7. The van der Waals surface area contributed by atoms with Crippen LogP contribution in [0, 0.1) is 12.7 Å². The summed E-state index contributed by atoms with van der Waals surface area (Å²) < 4.78 is 35.8. The second kappa shape index (κ2) is 8.02. The lowest BCUT2D eigenvalue weighted by atomic mass is 9.95. The molecule has 9 heteroatoms. The summed E-state index contributed by atoms with van der Waals surface area (Å²) in [6.07, 6.45) is 3.01. The fraction of sp³-hybridized carbons (Fsp3) is 0.652. The highest BCUT2D eigenvalue weighted by Gasteiger charge is 2.49. The first-order chi connectivity index (χ1) is 15.2. The van der Waals surface area contributed by atoms with Gasteiger partial charge in [0.2, 0.25) is 0 Å². The number of piperidine rings is 1. The van der Waals surface area contributed by atoms with Crippen LogP contribution in [0.25, 0.3) is 10.9 Å². The number of aryl methyl sites for hydroxylation is 1. The Bertz CT molecular complexity index is 1050. The lowest BCUT2D eigenvalue weighted by Crippen LogP contribution is -2.46. The third kappa shape index (κ3) is 3.86. The quantitative estimate of drug-likeness (QED) is 0.666. The van der Waals surface area contributed by atoms with Crippen molar-refractivity contribution in [3.63, 3.8) is 0 Å². The molecule has 0 bridgehead atoms. The van der Waals surface area contributed by atoms with Gasteiger partial charge < -0.3 is 14.7 Å². The van der Waals surface area contributed by atoms with E-state index in [1.807, 2.05) is 24.8 Å². The Kier molecular flexibility index (Phi) is 5.57. The van der Waals surface area contributed by atoms with Crippen molar-refractivity contribution in [2.24, 2.45) is 0 Å². The molecule has 3 aliphatic heterocycles. The Hall–Kier alpha value is -1.58. The van der Waals surface area contributed by atoms with Crippen LogP contribution < -0.4 is 9.64 Å². The van der Waals surface area contributed by atoms with Gasteiger partial charge in [0.05, 0.1) is 15.6 Å². The number of benzene rings is 1. The molecule has 0 saturated carbocycles. The Balaban J connectivity index is 1.53. The van der Waals surface area contributed by atoms with Crippen molar-refractivity contribution in [3.8, 4) is 6.01 Å². The molecule has 3 atom stereocenters. The zero-order valence-electron chi connectivity index (χ0n) is 18.5. The van der Waals surface area contributed by atoms with Gasteiger partial charge in [-0.05, 0) is 73.6 Å². The second-order valence-electron chi connectivity index (χ2n) is 9.93. The first-order valence-corrected chi connectivity index (χ1v) is 12.1. The van der Waals surface area contributed by atoms with Crippen molar-refractivity contribution in [2.45, 2.75) is 63.3 Å². The average molecular weight is 511 g/mol. The maximum absolute atomic E-state index is 15.2. The van der Waals surface area contributed by atoms with Crippen molar-refractivity contribution < 1.29 is 18.6 Å². The molecule has 5 rings (SSSR count). The summed E-state index contributed by atoms with van der Waals surface area (Å²) in [6.45, 7) is 6.34. The predicted molar refractivity (Wildman–Crippen MR) is 123 cm³/mol. The lowest BCUT2D eigenvalue weighted by Gasteiger charge is -2.38. The summed E-state index contributed by atoms with van der Waals surface area (Å²) in [7, 11) is 0. The number of hydrogen-bond donors (Lipinski definition) is 1. The molecular formula is C23H29BrF2N4O2. The molecule has 0 amide bonds. The fourth-order valence-corrected chi connectivity index (χ4v) is 5.95. The van der Waals surface area contributed by atoms with Crippen LogP contribution in [0.2, 0.25) is 0 Å². The Morgan fingerprint density at radius 2 is 2.06 bits per heavy atom. The normalized spacial score (nSPS) is 30.8. The van der Waals surface area contributed by atoms with Crippen LogP contribution in [-0.2, 0) is 0 Å². The summed E-state index contributed by atoms with van der Waals surface area (Å²) >= 11 is 3.32. The predicted octanol–water partition coefficient (Wildman–Crippen LogP) is 4.15. The number of ether oxygens (including phenoxy) is 1. The molecule has 1 aromatic carbocycles. The van der Waals surface area contributed by atoms with Gasteiger partial charge >= 0.3 is 6.01 Å². The number of halogens is 3. The first kappa shape index (κ1) is 22.2. The molecule has 4 heterocycles. The molecule has 0 spiro atoms. The lowest BCUT2D eigenvalue weighted by molar-refractivity contribution is 0.0447. The third-order valence-electron chi connectivity index (χ3n) is 7.22. The smallest absolute Gasteiger partial charge is 0.319 e. The summed E-state index contributed by atoms with van der Waals surface area (Å²) in [4.78, 5) is 13.3. The first-order valence-electron chi connectivity index (χ1n) is 11.3. The van der Waals surface area contributed by atoms with Crippen molar-refractivity contribution in [3.05, 3.63) is 21.9 Å². The minimum absolute atomic E-state index is 0.0934. The van der Waals surface area contributed by atoms with E-state index in [2.05, 4.69) is 30.8 Å². The molecule has 1 aromatic heterocycles. The van der Waals surface area contributed by atoms with Gasteiger partial charge in [-0.3, -0.25) is 4.90 Å². The van der Waals surface area contributed by atoms with E-state index in [1.165, 1.54) is 0 Å². The van der Waals surface area contributed by atoms with Gasteiger partial charge in [0.25, 0.3) is 0 Å². The molecule has 0 unspecified atom stereocenters. The molecule has 3 fully saturated rings. The van der Waals surface area contributed by atoms with Crippen LogP contribution in [0.4, 0.5) is 14.6 Å². The van der Waals surface area contributed by atoms with Gasteiger partial charge in [-0.25, -0.2) is 8.78 Å².